The van der Waals surface area contributed by atoms with E-state index in [-0.39, 0.29) is 11.8 Å². The van der Waals surface area contributed by atoms with Crippen LogP contribution in [0.1, 0.15) is 34.8 Å². The zero-order chi connectivity index (χ0) is 19.8. The van der Waals surface area contributed by atoms with Gasteiger partial charge in [-0.3, -0.25) is 9.59 Å². The van der Waals surface area contributed by atoms with Crippen molar-refractivity contribution in [1.29, 1.82) is 0 Å². The van der Waals surface area contributed by atoms with Crippen molar-refractivity contribution in [3.05, 3.63) is 71.8 Å². The van der Waals surface area contributed by atoms with Gasteiger partial charge in [-0.25, -0.2) is 0 Å². The van der Waals surface area contributed by atoms with Gasteiger partial charge in [-0.2, -0.15) is 0 Å². The summed E-state index contributed by atoms with van der Waals surface area (Å²) in [5.41, 5.74) is 2.96. The van der Waals surface area contributed by atoms with Crippen molar-refractivity contribution in [2.45, 2.75) is 33.3 Å². The fourth-order valence-corrected chi connectivity index (χ4v) is 2.67. The quantitative estimate of drug-likeness (QED) is 0.694. The number of aryl methyl sites for hydroxylation is 2. The molecule has 1 atom stereocenters. The van der Waals surface area contributed by atoms with E-state index in [1.807, 2.05) is 39.0 Å². The second-order valence-corrected chi connectivity index (χ2v) is 6.32. The van der Waals surface area contributed by atoms with Gasteiger partial charge in [0.05, 0.1) is 11.3 Å². The molecule has 2 amide bonds. The van der Waals surface area contributed by atoms with Crippen LogP contribution < -0.4 is 15.4 Å². The largest absolute Gasteiger partial charge is 0.480 e. The van der Waals surface area contributed by atoms with Gasteiger partial charge < -0.3 is 15.4 Å². The number of hydrogen-bond acceptors (Lipinski definition) is 3. The summed E-state index contributed by atoms with van der Waals surface area (Å²) in [5, 5.41) is 5.54. The second kappa shape index (κ2) is 9.57. The summed E-state index contributed by atoms with van der Waals surface area (Å²) in [7, 11) is 0. The molecule has 0 spiro atoms. The van der Waals surface area contributed by atoms with E-state index in [1.165, 1.54) is 0 Å². The molecule has 0 bridgehead atoms. The van der Waals surface area contributed by atoms with E-state index in [1.54, 1.807) is 30.3 Å². The lowest BCUT2D eigenvalue weighted by Gasteiger charge is -2.19. The van der Waals surface area contributed by atoms with Crippen LogP contribution in [0.5, 0.6) is 5.75 Å². The minimum atomic E-state index is -0.657. The molecule has 0 aliphatic heterocycles. The third-order valence-corrected chi connectivity index (χ3v) is 4.10. The maximum atomic E-state index is 12.7. The smallest absolute Gasteiger partial charge is 0.265 e. The van der Waals surface area contributed by atoms with Gasteiger partial charge in [0.15, 0.2) is 6.10 Å². The van der Waals surface area contributed by atoms with Crippen molar-refractivity contribution >= 4 is 17.5 Å². The number of rotatable bonds is 8. The highest BCUT2D eigenvalue weighted by Crippen LogP contribution is 2.22. The van der Waals surface area contributed by atoms with Crippen LogP contribution in [-0.2, 0) is 4.79 Å². The third kappa shape index (κ3) is 5.45. The van der Waals surface area contributed by atoms with E-state index in [9.17, 15) is 9.59 Å². The van der Waals surface area contributed by atoms with E-state index in [2.05, 4.69) is 17.2 Å². The van der Waals surface area contributed by atoms with Crippen molar-refractivity contribution in [2.24, 2.45) is 0 Å². The number of benzene rings is 2. The molecule has 0 aromatic heterocycles. The molecule has 5 heteroatoms. The van der Waals surface area contributed by atoms with Crippen LogP contribution >= 0.6 is 0 Å². The minimum absolute atomic E-state index is 0.269. The summed E-state index contributed by atoms with van der Waals surface area (Å²) in [4.78, 5) is 25.0. The number of nitrogens with one attached hydrogen (secondary N) is 2. The third-order valence-electron chi connectivity index (χ3n) is 4.10. The van der Waals surface area contributed by atoms with Crippen molar-refractivity contribution in [3.63, 3.8) is 0 Å². The molecule has 0 aliphatic carbocycles. The summed E-state index contributed by atoms with van der Waals surface area (Å²) in [6.07, 6.45) is 1.45. The van der Waals surface area contributed by atoms with Crippen LogP contribution in [0.4, 0.5) is 5.69 Å². The first-order chi connectivity index (χ1) is 13.0. The van der Waals surface area contributed by atoms with Gasteiger partial charge in [-0.15, -0.1) is 6.58 Å². The molecule has 142 valence electrons. The van der Waals surface area contributed by atoms with Crippen LogP contribution in [0.2, 0.25) is 0 Å². The van der Waals surface area contributed by atoms with Crippen LogP contribution in [0.15, 0.2) is 55.1 Å². The van der Waals surface area contributed by atoms with Gasteiger partial charge in [-0.05, 0) is 44.0 Å². The number of carbonyl (C=O) groups excluding carboxylic acids is 2. The Labute approximate surface area is 160 Å². The normalized spacial score (nSPS) is 11.4. The molecule has 0 unspecified atom stereocenters. The SMILES string of the molecule is C=CCNC(=O)c1ccccc1NC(=O)[C@H](CC)Oc1ccc(C)cc1C. The van der Waals surface area contributed by atoms with E-state index in [0.717, 1.165) is 11.1 Å². The number of amides is 2. The number of para-hydroxylation sites is 1. The van der Waals surface area contributed by atoms with Crippen molar-refractivity contribution < 1.29 is 14.3 Å². The van der Waals surface area contributed by atoms with Crippen molar-refractivity contribution in [2.75, 3.05) is 11.9 Å². The fourth-order valence-electron chi connectivity index (χ4n) is 2.67. The standard InChI is InChI=1S/C22H26N2O3/c1-5-13-23-21(25)17-9-7-8-10-18(17)24-22(26)19(6-2)27-20-12-11-15(3)14-16(20)4/h5,7-12,14,19H,1,6,13H2,2-4H3,(H,23,25)(H,24,26)/t19-/m0/s1. The van der Waals surface area contributed by atoms with Gasteiger partial charge in [0.2, 0.25) is 0 Å². The van der Waals surface area contributed by atoms with E-state index in [4.69, 9.17) is 4.74 Å². The first-order valence-electron chi connectivity index (χ1n) is 8.99. The molecule has 2 rings (SSSR count). The van der Waals surface area contributed by atoms with Crippen LogP contribution in [-0.4, -0.2) is 24.5 Å². The topological polar surface area (TPSA) is 67.4 Å². The molecule has 0 saturated heterocycles. The molecule has 2 aromatic carbocycles. The van der Waals surface area contributed by atoms with Gasteiger partial charge in [-0.1, -0.05) is 42.8 Å². The van der Waals surface area contributed by atoms with E-state index in [0.29, 0.717) is 30.0 Å². The predicted molar refractivity (Wildman–Crippen MR) is 108 cm³/mol. The first kappa shape index (κ1) is 20.2. The summed E-state index contributed by atoms with van der Waals surface area (Å²) in [6, 6.07) is 12.7. The Balaban J connectivity index is 2.15. The fraction of sp³-hybridized carbons (Fsp3) is 0.273. The lowest BCUT2D eigenvalue weighted by Crippen LogP contribution is -2.33. The number of hydrogen-bond donors (Lipinski definition) is 2. The first-order valence-corrected chi connectivity index (χ1v) is 8.99. The highest BCUT2D eigenvalue weighted by Gasteiger charge is 2.21. The van der Waals surface area contributed by atoms with Gasteiger partial charge in [0.1, 0.15) is 5.75 Å². The number of anilines is 1. The highest BCUT2D eigenvalue weighted by molar-refractivity contribution is 6.04. The number of carbonyl (C=O) groups is 2. The summed E-state index contributed by atoms with van der Waals surface area (Å²) in [6.45, 7) is 9.78. The lowest BCUT2D eigenvalue weighted by molar-refractivity contribution is -0.122. The highest BCUT2D eigenvalue weighted by atomic mass is 16.5. The molecule has 0 radical (unpaired) electrons. The van der Waals surface area contributed by atoms with Crippen molar-refractivity contribution in [3.8, 4) is 5.75 Å². The summed E-state index contributed by atoms with van der Waals surface area (Å²) in [5.74, 6) is 0.121. The van der Waals surface area contributed by atoms with Crippen molar-refractivity contribution in [1.82, 2.24) is 5.32 Å². The Hall–Kier alpha value is -3.08. The zero-order valence-electron chi connectivity index (χ0n) is 16.0. The van der Waals surface area contributed by atoms with Gasteiger partial charge in [0, 0.05) is 6.54 Å². The molecule has 2 aromatic rings. The molecule has 0 aliphatic rings. The molecular formula is C22H26N2O3. The second-order valence-electron chi connectivity index (χ2n) is 6.32. The zero-order valence-corrected chi connectivity index (χ0v) is 16.0. The van der Waals surface area contributed by atoms with Crippen LogP contribution in [0, 0.1) is 13.8 Å². The van der Waals surface area contributed by atoms with Crippen LogP contribution in [0.3, 0.4) is 0 Å². The molecular weight excluding hydrogens is 340 g/mol. The average molecular weight is 366 g/mol. The summed E-state index contributed by atoms with van der Waals surface area (Å²) >= 11 is 0. The van der Waals surface area contributed by atoms with Gasteiger partial charge in [0.25, 0.3) is 11.8 Å². The van der Waals surface area contributed by atoms with Crippen LogP contribution in [0.25, 0.3) is 0 Å². The van der Waals surface area contributed by atoms with E-state index < -0.39 is 6.10 Å². The summed E-state index contributed by atoms with van der Waals surface area (Å²) < 4.78 is 5.92. The van der Waals surface area contributed by atoms with E-state index >= 15 is 0 Å². The Morgan fingerprint density at radius 3 is 2.59 bits per heavy atom. The van der Waals surface area contributed by atoms with Gasteiger partial charge >= 0.3 is 0 Å². The minimum Gasteiger partial charge on any atom is -0.480 e. The Kier molecular flexibility index (Phi) is 7.17. The molecule has 0 saturated carbocycles. The molecule has 0 heterocycles. The number of ether oxygens (including phenoxy) is 1. The Bertz CT molecular complexity index is 830. The molecule has 2 N–H and O–H groups in total. The maximum Gasteiger partial charge on any atom is 0.265 e. The maximum absolute atomic E-state index is 12.7. The monoisotopic (exact) mass is 366 g/mol. The molecule has 27 heavy (non-hydrogen) atoms. The lowest BCUT2D eigenvalue weighted by atomic mass is 10.1. The Morgan fingerprint density at radius 2 is 1.93 bits per heavy atom. The Morgan fingerprint density at radius 1 is 1.19 bits per heavy atom. The molecule has 0 fully saturated rings. The average Bonchev–Trinajstić information content (AvgIpc) is 2.65. The molecule has 5 nitrogen and oxygen atoms in total. The predicted octanol–water partition coefficient (Wildman–Crippen LogP) is 4.02.